The van der Waals surface area contributed by atoms with Gasteiger partial charge in [0.05, 0.1) is 6.10 Å². The monoisotopic (exact) mass is 277 g/mol. The van der Waals surface area contributed by atoms with Gasteiger partial charge in [0, 0.05) is 25.7 Å². The quantitative estimate of drug-likeness (QED) is 0.390. The summed E-state index contributed by atoms with van der Waals surface area (Å²) in [6.07, 6.45) is -0.622. The summed E-state index contributed by atoms with van der Waals surface area (Å²) in [4.78, 5) is 2.01. The minimum atomic E-state index is -0.421. The van der Waals surface area contributed by atoms with Crippen LogP contribution < -0.4 is 0 Å². The van der Waals surface area contributed by atoms with Crippen LogP contribution in [0.1, 0.15) is 20.8 Å². The highest BCUT2D eigenvalue weighted by atomic mass is 32.1. The predicted octanol–water partition coefficient (Wildman–Crippen LogP) is 0.778. The van der Waals surface area contributed by atoms with E-state index in [9.17, 15) is 5.11 Å². The molecule has 3 atom stereocenters. The summed E-state index contributed by atoms with van der Waals surface area (Å²) in [6.45, 7) is 7.26. The van der Waals surface area contributed by atoms with Crippen molar-refractivity contribution in [2.24, 2.45) is 0 Å². The summed E-state index contributed by atoms with van der Waals surface area (Å²) in [5.74, 6) is 0. The molecule has 17 heavy (non-hydrogen) atoms. The number of aliphatic hydroxyl groups excluding tert-OH is 1. The second-order valence-corrected chi connectivity index (χ2v) is 5.29. The number of rotatable bonds is 8. The molecule has 0 aromatic rings. The fourth-order valence-corrected chi connectivity index (χ4v) is 1.92. The van der Waals surface area contributed by atoms with E-state index < -0.39 is 6.10 Å². The molecule has 1 N–H and O–H groups in total. The molecular weight excluding hydrogens is 257 g/mol. The first kappa shape index (κ1) is 17.2. The van der Waals surface area contributed by atoms with Gasteiger partial charge in [-0.25, -0.2) is 0 Å². The molecule has 0 heterocycles. The van der Waals surface area contributed by atoms with E-state index in [-0.39, 0.29) is 16.6 Å². The largest absolute Gasteiger partial charge is 0.474 e. The van der Waals surface area contributed by atoms with Crippen molar-refractivity contribution >= 4 is 37.3 Å². The van der Waals surface area contributed by atoms with Crippen molar-refractivity contribution in [3.8, 4) is 0 Å². The molecule has 4 nitrogen and oxygen atoms in total. The zero-order chi connectivity index (χ0) is 13.4. The molecule has 98 valence electrons. The number of thiocarbonyl (C=S) groups is 1. The lowest BCUT2D eigenvalue weighted by molar-refractivity contribution is 0.0669. The number of nitrogens with zero attached hydrogens (tertiary/aromatic N) is 1. The van der Waals surface area contributed by atoms with Crippen LogP contribution in [-0.2, 0) is 9.39 Å². The Morgan fingerprint density at radius 2 is 1.82 bits per heavy atom. The summed E-state index contributed by atoms with van der Waals surface area (Å²) in [5, 5.41) is 9.41. The molecule has 0 aliphatic rings. The Labute approximate surface area is 116 Å². The van der Waals surface area contributed by atoms with Crippen molar-refractivity contribution in [3.05, 3.63) is 0 Å². The Morgan fingerprint density at radius 1 is 1.29 bits per heavy atom. The topological polar surface area (TPSA) is 41.9 Å². The summed E-state index contributed by atoms with van der Waals surface area (Å²) in [6, 6.07) is 0. The second-order valence-electron chi connectivity index (χ2n) is 4.21. The van der Waals surface area contributed by atoms with Crippen molar-refractivity contribution < 1.29 is 14.5 Å². The Balaban J connectivity index is 4.21. The molecule has 0 saturated carbocycles. The zero-order valence-corrected chi connectivity index (χ0v) is 12.2. The lowest BCUT2D eigenvalue weighted by Gasteiger charge is -2.29. The first-order valence-corrected chi connectivity index (χ1v) is 6.36. The molecule has 0 fully saturated rings. The van der Waals surface area contributed by atoms with E-state index in [1.165, 1.54) is 0 Å². The summed E-state index contributed by atoms with van der Waals surface area (Å²) < 4.78 is 10.2. The maximum Gasteiger partial charge on any atom is 0.283 e. The highest BCUT2D eigenvalue weighted by Crippen LogP contribution is 2.04. The van der Waals surface area contributed by atoms with Gasteiger partial charge in [-0.15, -0.1) is 0 Å². The first-order chi connectivity index (χ1) is 7.85. The van der Waals surface area contributed by atoms with Crippen LogP contribution in [0.25, 0.3) is 0 Å². The van der Waals surface area contributed by atoms with E-state index in [2.05, 4.69) is 12.6 Å². The molecule has 2 radical (unpaired) electrons. The fourth-order valence-electron chi connectivity index (χ4n) is 1.58. The molecular formula is C10H20BNO3S2. The number of thiol groups is 1. The van der Waals surface area contributed by atoms with E-state index in [0.717, 1.165) is 0 Å². The number of hydrogen-bond acceptors (Lipinski definition) is 5. The van der Waals surface area contributed by atoms with Gasteiger partial charge in [0.25, 0.3) is 8.05 Å². The Kier molecular flexibility index (Phi) is 9.26. The lowest BCUT2D eigenvalue weighted by atomic mass is 10.2. The van der Waals surface area contributed by atoms with Gasteiger partial charge in [-0.2, -0.15) is 0 Å². The van der Waals surface area contributed by atoms with Gasteiger partial charge < -0.3 is 14.5 Å². The van der Waals surface area contributed by atoms with Crippen LogP contribution in [0.4, 0.5) is 0 Å². The Hall–Kier alpha value is 0.185. The number of aliphatic hydroxyl groups is 1. The van der Waals surface area contributed by atoms with Crippen LogP contribution >= 0.6 is 24.8 Å². The van der Waals surface area contributed by atoms with E-state index in [0.29, 0.717) is 19.6 Å². The molecule has 0 aliphatic heterocycles. The van der Waals surface area contributed by atoms with E-state index in [4.69, 9.17) is 29.7 Å². The summed E-state index contributed by atoms with van der Waals surface area (Å²) in [5.41, 5.74) is 0. The average Bonchev–Trinajstić information content (AvgIpc) is 2.14. The third-order valence-corrected chi connectivity index (χ3v) is 2.29. The maximum atomic E-state index is 9.41. The maximum absolute atomic E-state index is 9.41. The normalized spacial score (nSPS) is 16.6. The highest BCUT2D eigenvalue weighted by molar-refractivity contribution is 8.10. The molecule has 0 amide bonds. The highest BCUT2D eigenvalue weighted by Gasteiger charge is 2.16. The fraction of sp³-hybridized carbons (Fsp3) is 0.900. The van der Waals surface area contributed by atoms with Crippen LogP contribution in [-0.4, -0.2) is 60.4 Å². The molecule has 0 rings (SSSR count). The Bertz CT molecular complexity index is 232. The van der Waals surface area contributed by atoms with Gasteiger partial charge in [0.15, 0.2) is 0 Å². The van der Waals surface area contributed by atoms with E-state index in [1.54, 1.807) is 6.92 Å². The summed E-state index contributed by atoms with van der Waals surface area (Å²) in [7, 11) is 5.11. The van der Waals surface area contributed by atoms with Gasteiger partial charge in [0.2, 0.25) is 4.38 Å². The van der Waals surface area contributed by atoms with Crippen LogP contribution in [0.15, 0.2) is 0 Å². The van der Waals surface area contributed by atoms with Gasteiger partial charge in [-0.1, -0.05) is 12.6 Å². The first-order valence-electron chi connectivity index (χ1n) is 5.50. The zero-order valence-electron chi connectivity index (χ0n) is 10.5. The predicted molar refractivity (Wildman–Crippen MR) is 76.6 cm³/mol. The molecule has 3 unspecified atom stereocenters. The SMILES string of the molecule is [B]OC(C)CN(CC(C)O)CC(C)OC(=S)S. The van der Waals surface area contributed by atoms with Gasteiger partial charge in [-0.3, -0.25) is 4.90 Å². The van der Waals surface area contributed by atoms with E-state index >= 15 is 0 Å². The minimum Gasteiger partial charge on any atom is -0.474 e. The van der Waals surface area contributed by atoms with Crippen molar-refractivity contribution in [2.45, 2.75) is 39.1 Å². The average molecular weight is 277 g/mol. The molecule has 0 aromatic heterocycles. The molecule has 0 aliphatic carbocycles. The standard InChI is InChI=1S/C10H20BNO3S2/c1-7(13)4-12(6-9(3)15-11)5-8(2)14-10(16)17/h7-9,13H,4-6H2,1-3H3,(H,16,17). The molecule has 0 bridgehead atoms. The van der Waals surface area contributed by atoms with Gasteiger partial charge >= 0.3 is 0 Å². The number of ether oxygens (including phenoxy) is 1. The van der Waals surface area contributed by atoms with Crippen molar-refractivity contribution in [2.75, 3.05) is 19.6 Å². The van der Waals surface area contributed by atoms with Crippen molar-refractivity contribution in [1.29, 1.82) is 0 Å². The molecule has 0 saturated heterocycles. The molecule has 0 aromatic carbocycles. The molecule has 0 spiro atoms. The Morgan fingerprint density at radius 3 is 2.24 bits per heavy atom. The van der Waals surface area contributed by atoms with Crippen molar-refractivity contribution in [3.63, 3.8) is 0 Å². The molecule has 7 heteroatoms. The van der Waals surface area contributed by atoms with Gasteiger partial charge in [-0.05, 0) is 33.0 Å². The smallest absolute Gasteiger partial charge is 0.283 e. The third-order valence-electron chi connectivity index (χ3n) is 2.09. The van der Waals surface area contributed by atoms with Crippen LogP contribution in [0.5, 0.6) is 0 Å². The van der Waals surface area contributed by atoms with Crippen molar-refractivity contribution in [1.82, 2.24) is 4.90 Å². The minimum absolute atomic E-state index is 0.0938. The summed E-state index contributed by atoms with van der Waals surface area (Å²) >= 11 is 8.67. The lowest BCUT2D eigenvalue weighted by Crippen LogP contribution is -2.41. The second kappa shape index (κ2) is 9.16. The van der Waals surface area contributed by atoms with E-state index in [1.807, 2.05) is 18.7 Å². The van der Waals surface area contributed by atoms with Gasteiger partial charge in [0.1, 0.15) is 6.10 Å². The number of hydrogen-bond donors (Lipinski definition) is 2. The van der Waals surface area contributed by atoms with Crippen LogP contribution in [0.2, 0.25) is 0 Å². The third kappa shape index (κ3) is 9.85. The van der Waals surface area contributed by atoms with Crippen LogP contribution in [0.3, 0.4) is 0 Å². The van der Waals surface area contributed by atoms with Crippen LogP contribution in [0, 0.1) is 0 Å².